The van der Waals surface area contributed by atoms with Gasteiger partial charge in [0, 0.05) is 24.7 Å². The topological polar surface area (TPSA) is 43.4 Å². The van der Waals surface area contributed by atoms with E-state index in [1.165, 1.54) is 6.92 Å². The molecule has 3 nitrogen and oxygen atoms in total. The number of fused-ring (bicyclic) bond motifs is 5. The standard InChI is InChI=1S/C23H33F3O3/c1-13(27)29-20-7-6-17-16-5-4-15-10-19(28)14(12-23(24,25)26)11-22(15,3)18(16)8-9-21(17,20)2/h14-18,20H,4-12H2,1-3H3. The smallest absolute Gasteiger partial charge is 0.389 e. The van der Waals surface area contributed by atoms with Crippen LogP contribution in [-0.4, -0.2) is 24.0 Å². The van der Waals surface area contributed by atoms with Crippen molar-refractivity contribution in [2.75, 3.05) is 0 Å². The summed E-state index contributed by atoms with van der Waals surface area (Å²) in [6.07, 6.45) is 1.23. The van der Waals surface area contributed by atoms with Crippen molar-refractivity contribution in [1.82, 2.24) is 0 Å². The number of ketones is 1. The predicted molar refractivity (Wildman–Crippen MR) is 102 cm³/mol. The zero-order valence-corrected chi connectivity index (χ0v) is 17.7. The number of halogens is 3. The highest BCUT2D eigenvalue weighted by Crippen LogP contribution is 2.67. The fraction of sp³-hybridized carbons (Fsp3) is 0.913. The lowest BCUT2D eigenvalue weighted by molar-refractivity contribution is -0.176. The van der Waals surface area contributed by atoms with Crippen LogP contribution in [0.1, 0.15) is 78.6 Å². The van der Waals surface area contributed by atoms with Gasteiger partial charge in [0.15, 0.2) is 0 Å². The van der Waals surface area contributed by atoms with E-state index in [-0.39, 0.29) is 34.6 Å². The second-order valence-electron chi connectivity index (χ2n) is 10.8. The second kappa shape index (κ2) is 6.98. The molecule has 4 aliphatic carbocycles. The monoisotopic (exact) mass is 414 g/mol. The number of hydrogen-bond acceptors (Lipinski definition) is 3. The number of alkyl halides is 3. The maximum Gasteiger partial charge on any atom is 0.389 e. The normalized spacial score (nSPS) is 47.2. The van der Waals surface area contributed by atoms with Crippen LogP contribution in [0.5, 0.6) is 0 Å². The van der Waals surface area contributed by atoms with Gasteiger partial charge >= 0.3 is 12.1 Å². The van der Waals surface area contributed by atoms with Crippen molar-refractivity contribution >= 4 is 11.8 Å². The third-order valence-corrected chi connectivity index (χ3v) is 9.35. The number of carbonyl (C=O) groups excluding carboxylic acids is 2. The molecule has 8 atom stereocenters. The summed E-state index contributed by atoms with van der Waals surface area (Å²) >= 11 is 0. The van der Waals surface area contributed by atoms with Crippen LogP contribution in [0, 0.1) is 40.4 Å². The minimum atomic E-state index is -4.29. The molecule has 4 aliphatic rings. The lowest BCUT2D eigenvalue weighted by atomic mass is 9.44. The molecule has 0 aromatic rings. The van der Waals surface area contributed by atoms with E-state index in [1.807, 2.05) is 0 Å². The molecule has 0 heterocycles. The SMILES string of the molecule is CC(=O)OC1CCC2C3CCC4CC(=O)C(CC(F)(F)F)CC4(C)C3CCC12C. The van der Waals surface area contributed by atoms with Crippen LogP contribution in [0.25, 0.3) is 0 Å². The van der Waals surface area contributed by atoms with E-state index < -0.39 is 18.5 Å². The van der Waals surface area contributed by atoms with E-state index in [9.17, 15) is 22.8 Å². The molecule has 8 unspecified atom stereocenters. The van der Waals surface area contributed by atoms with Crippen LogP contribution in [0.15, 0.2) is 0 Å². The zero-order valence-electron chi connectivity index (χ0n) is 17.7. The van der Waals surface area contributed by atoms with Crippen molar-refractivity contribution in [1.29, 1.82) is 0 Å². The minimum Gasteiger partial charge on any atom is -0.462 e. The first-order valence-corrected chi connectivity index (χ1v) is 11.2. The molecule has 0 aromatic heterocycles. The number of esters is 1. The molecule has 29 heavy (non-hydrogen) atoms. The van der Waals surface area contributed by atoms with Crippen LogP contribution in [0.4, 0.5) is 13.2 Å². The van der Waals surface area contributed by atoms with E-state index in [0.29, 0.717) is 30.6 Å². The van der Waals surface area contributed by atoms with Gasteiger partial charge in [0.25, 0.3) is 0 Å². The summed E-state index contributed by atoms with van der Waals surface area (Å²) < 4.78 is 44.9. The summed E-state index contributed by atoms with van der Waals surface area (Å²) in [5.74, 6) is 0.239. The van der Waals surface area contributed by atoms with Crippen LogP contribution < -0.4 is 0 Å². The van der Waals surface area contributed by atoms with Gasteiger partial charge in [-0.3, -0.25) is 9.59 Å². The molecular weight excluding hydrogens is 381 g/mol. The molecule has 164 valence electrons. The second-order valence-corrected chi connectivity index (χ2v) is 10.8. The van der Waals surface area contributed by atoms with Gasteiger partial charge in [-0.1, -0.05) is 13.8 Å². The average molecular weight is 415 g/mol. The summed E-state index contributed by atoms with van der Waals surface area (Å²) in [6, 6.07) is 0. The third kappa shape index (κ3) is 3.52. The van der Waals surface area contributed by atoms with Gasteiger partial charge in [-0.2, -0.15) is 13.2 Å². The van der Waals surface area contributed by atoms with Crippen LogP contribution in [0.2, 0.25) is 0 Å². The van der Waals surface area contributed by atoms with Gasteiger partial charge in [0.05, 0.1) is 6.42 Å². The van der Waals surface area contributed by atoms with E-state index in [1.54, 1.807) is 0 Å². The maximum atomic E-state index is 13.1. The van der Waals surface area contributed by atoms with Crippen molar-refractivity contribution in [2.24, 2.45) is 40.4 Å². The molecule has 0 bridgehead atoms. The fourth-order valence-electron chi connectivity index (χ4n) is 8.05. The maximum absolute atomic E-state index is 13.1. The Bertz CT molecular complexity index is 689. The molecule has 4 saturated carbocycles. The van der Waals surface area contributed by atoms with Gasteiger partial charge < -0.3 is 4.74 Å². The first-order valence-electron chi connectivity index (χ1n) is 11.2. The number of ether oxygens (including phenoxy) is 1. The lowest BCUT2D eigenvalue weighted by Crippen LogP contribution is -2.55. The van der Waals surface area contributed by atoms with Gasteiger partial charge in [0.1, 0.15) is 11.9 Å². The summed E-state index contributed by atoms with van der Waals surface area (Å²) in [4.78, 5) is 24.0. The van der Waals surface area contributed by atoms with Crippen LogP contribution in [-0.2, 0) is 14.3 Å². The Morgan fingerprint density at radius 2 is 1.76 bits per heavy atom. The van der Waals surface area contributed by atoms with Gasteiger partial charge in [-0.25, -0.2) is 0 Å². The highest BCUT2D eigenvalue weighted by atomic mass is 19.4. The number of rotatable bonds is 2. The van der Waals surface area contributed by atoms with Crippen LogP contribution in [0.3, 0.4) is 0 Å². The van der Waals surface area contributed by atoms with Crippen molar-refractivity contribution in [3.63, 3.8) is 0 Å². The first kappa shape index (κ1) is 21.2. The third-order valence-electron chi connectivity index (χ3n) is 9.35. The van der Waals surface area contributed by atoms with Crippen molar-refractivity contribution in [3.05, 3.63) is 0 Å². The summed E-state index contributed by atoms with van der Waals surface area (Å²) in [6.45, 7) is 5.89. The number of carbonyl (C=O) groups is 2. The minimum absolute atomic E-state index is 0.0219. The van der Waals surface area contributed by atoms with E-state index >= 15 is 0 Å². The summed E-state index contributed by atoms with van der Waals surface area (Å²) in [5.41, 5.74) is -0.209. The van der Waals surface area contributed by atoms with Gasteiger partial charge in [-0.15, -0.1) is 0 Å². The Labute approximate surface area is 171 Å². The molecule has 0 aromatic carbocycles. The Balaban J connectivity index is 1.57. The summed E-state index contributed by atoms with van der Waals surface area (Å²) in [7, 11) is 0. The average Bonchev–Trinajstić information content (AvgIpc) is 2.91. The van der Waals surface area contributed by atoms with E-state index in [2.05, 4.69) is 13.8 Å². The predicted octanol–water partition coefficient (Wildman–Crippen LogP) is 5.71. The molecule has 0 saturated heterocycles. The van der Waals surface area contributed by atoms with Crippen molar-refractivity contribution < 1.29 is 27.5 Å². The molecular formula is C23H33F3O3. The molecule has 0 aliphatic heterocycles. The van der Waals surface area contributed by atoms with Gasteiger partial charge in [-0.05, 0) is 74.0 Å². The van der Waals surface area contributed by atoms with E-state index in [4.69, 9.17) is 4.74 Å². The van der Waals surface area contributed by atoms with Gasteiger partial charge in [0.2, 0.25) is 0 Å². The summed E-state index contributed by atoms with van der Waals surface area (Å²) in [5, 5.41) is 0. The molecule has 4 fully saturated rings. The Morgan fingerprint density at radius 1 is 1.07 bits per heavy atom. The Morgan fingerprint density at radius 3 is 2.41 bits per heavy atom. The zero-order chi connectivity index (χ0) is 21.2. The van der Waals surface area contributed by atoms with Crippen LogP contribution >= 0.6 is 0 Å². The molecule has 0 spiro atoms. The molecule has 4 rings (SSSR count). The lowest BCUT2D eigenvalue weighted by Gasteiger charge is -2.60. The molecule has 0 amide bonds. The molecule has 0 radical (unpaired) electrons. The van der Waals surface area contributed by atoms with E-state index in [0.717, 1.165) is 38.5 Å². The molecule has 0 N–H and O–H groups in total. The first-order chi connectivity index (χ1) is 13.4. The number of hydrogen-bond donors (Lipinski definition) is 0. The van der Waals surface area contributed by atoms with Crippen molar-refractivity contribution in [2.45, 2.75) is 90.8 Å². The van der Waals surface area contributed by atoms with Crippen molar-refractivity contribution in [3.8, 4) is 0 Å². The number of Topliss-reactive ketones (excluding diaryl/α,β-unsaturated/α-hetero) is 1. The quantitative estimate of drug-likeness (QED) is 0.544. The highest BCUT2D eigenvalue weighted by Gasteiger charge is 2.62. The fourth-order valence-corrected chi connectivity index (χ4v) is 8.05. The largest absolute Gasteiger partial charge is 0.462 e. The molecule has 6 heteroatoms. The highest BCUT2D eigenvalue weighted by molar-refractivity contribution is 5.82. The Hall–Kier alpha value is -1.07. The Kier molecular flexibility index (Phi) is 5.10.